The van der Waals surface area contributed by atoms with E-state index in [0.717, 1.165) is 43.5 Å². The molecule has 3 N–H and O–H groups in total. The largest absolute Gasteiger partial charge is 0.366 e. The molecular weight excluding hydrogens is 426 g/mol. The molecule has 1 aliphatic heterocycles. The van der Waals surface area contributed by atoms with Crippen LogP contribution in [0.2, 0.25) is 0 Å². The number of amides is 2. The fourth-order valence-electron chi connectivity index (χ4n) is 4.49. The summed E-state index contributed by atoms with van der Waals surface area (Å²) in [6, 6.07) is 23.3. The van der Waals surface area contributed by atoms with Crippen LogP contribution in [-0.2, 0) is 6.54 Å². The van der Waals surface area contributed by atoms with E-state index in [1.807, 2.05) is 30.5 Å². The SMILES string of the molecule is NC(=O)c1cccc2cn(-c3ccc(C(=O)NC4CCN(Cc5ccccc5)CC4)cc3)nc12. The summed E-state index contributed by atoms with van der Waals surface area (Å²) in [6.07, 6.45) is 3.73. The second-order valence-corrected chi connectivity index (χ2v) is 8.74. The summed E-state index contributed by atoms with van der Waals surface area (Å²) in [6.45, 7) is 2.89. The second kappa shape index (κ2) is 9.49. The average molecular weight is 454 g/mol. The van der Waals surface area contributed by atoms with E-state index in [0.29, 0.717) is 16.6 Å². The van der Waals surface area contributed by atoms with Gasteiger partial charge in [0, 0.05) is 42.8 Å². The lowest BCUT2D eigenvalue weighted by Crippen LogP contribution is -2.44. The van der Waals surface area contributed by atoms with Crippen molar-refractivity contribution in [1.29, 1.82) is 0 Å². The quantitative estimate of drug-likeness (QED) is 0.467. The van der Waals surface area contributed by atoms with Gasteiger partial charge >= 0.3 is 0 Å². The molecule has 3 aromatic carbocycles. The van der Waals surface area contributed by atoms with Gasteiger partial charge in [-0.1, -0.05) is 42.5 Å². The molecule has 0 spiro atoms. The van der Waals surface area contributed by atoms with E-state index in [2.05, 4.69) is 39.6 Å². The van der Waals surface area contributed by atoms with Gasteiger partial charge < -0.3 is 11.1 Å². The molecule has 0 bridgehead atoms. The minimum Gasteiger partial charge on any atom is -0.366 e. The summed E-state index contributed by atoms with van der Waals surface area (Å²) in [7, 11) is 0. The zero-order valence-corrected chi connectivity index (χ0v) is 18.9. The lowest BCUT2D eigenvalue weighted by Gasteiger charge is -2.32. The van der Waals surface area contributed by atoms with Gasteiger partial charge in [-0.25, -0.2) is 4.68 Å². The van der Waals surface area contributed by atoms with E-state index in [-0.39, 0.29) is 11.9 Å². The average Bonchev–Trinajstić information content (AvgIpc) is 3.30. The van der Waals surface area contributed by atoms with Crippen molar-refractivity contribution in [2.45, 2.75) is 25.4 Å². The first-order valence-electron chi connectivity index (χ1n) is 11.5. The normalized spacial score (nSPS) is 14.8. The van der Waals surface area contributed by atoms with Crippen LogP contribution >= 0.6 is 0 Å². The van der Waals surface area contributed by atoms with Gasteiger partial charge in [0.25, 0.3) is 11.8 Å². The number of likely N-dealkylation sites (tertiary alicyclic amines) is 1. The number of nitrogens with one attached hydrogen (secondary N) is 1. The number of carbonyl (C=O) groups excluding carboxylic acids is 2. The molecule has 0 unspecified atom stereocenters. The summed E-state index contributed by atoms with van der Waals surface area (Å²) in [4.78, 5) is 26.9. The molecule has 7 nitrogen and oxygen atoms in total. The highest BCUT2D eigenvalue weighted by Crippen LogP contribution is 2.20. The Morgan fingerprint density at radius 3 is 2.38 bits per heavy atom. The molecule has 2 amide bonds. The predicted octanol–water partition coefficient (Wildman–Crippen LogP) is 3.52. The van der Waals surface area contributed by atoms with Gasteiger partial charge in [0.05, 0.1) is 11.3 Å². The third kappa shape index (κ3) is 4.70. The lowest BCUT2D eigenvalue weighted by molar-refractivity contribution is 0.0908. The molecule has 5 rings (SSSR count). The molecular formula is C27H27N5O2. The van der Waals surface area contributed by atoms with E-state index >= 15 is 0 Å². The summed E-state index contributed by atoms with van der Waals surface area (Å²) in [5.74, 6) is -0.566. The Hall–Kier alpha value is -3.97. The van der Waals surface area contributed by atoms with Crippen LogP contribution in [-0.4, -0.2) is 45.6 Å². The van der Waals surface area contributed by atoms with Crippen molar-refractivity contribution in [3.05, 3.63) is 95.7 Å². The van der Waals surface area contributed by atoms with Crippen LogP contribution in [0.5, 0.6) is 0 Å². The zero-order chi connectivity index (χ0) is 23.5. The molecule has 1 saturated heterocycles. The van der Waals surface area contributed by atoms with Crippen LogP contribution in [0.3, 0.4) is 0 Å². The summed E-state index contributed by atoms with van der Waals surface area (Å²) < 4.78 is 1.70. The number of nitrogens with zero attached hydrogens (tertiary/aromatic N) is 3. The Morgan fingerprint density at radius 1 is 0.941 bits per heavy atom. The maximum atomic E-state index is 12.8. The molecule has 4 aromatic rings. The highest BCUT2D eigenvalue weighted by atomic mass is 16.2. The van der Waals surface area contributed by atoms with Gasteiger partial charge in [-0.05, 0) is 48.7 Å². The van der Waals surface area contributed by atoms with Crippen molar-refractivity contribution in [3.8, 4) is 5.69 Å². The Morgan fingerprint density at radius 2 is 1.68 bits per heavy atom. The molecule has 34 heavy (non-hydrogen) atoms. The Bertz CT molecular complexity index is 1310. The molecule has 1 aromatic heterocycles. The number of hydrogen-bond acceptors (Lipinski definition) is 4. The molecule has 1 aliphatic rings. The van der Waals surface area contributed by atoms with Crippen LogP contribution in [0.1, 0.15) is 39.1 Å². The molecule has 0 atom stereocenters. The molecule has 0 radical (unpaired) electrons. The van der Waals surface area contributed by atoms with Gasteiger partial charge in [-0.2, -0.15) is 5.10 Å². The number of rotatable bonds is 6. The fourth-order valence-corrected chi connectivity index (χ4v) is 4.49. The first-order chi connectivity index (χ1) is 16.6. The van der Waals surface area contributed by atoms with Crippen molar-refractivity contribution in [1.82, 2.24) is 20.0 Å². The van der Waals surface area contributed by atoms with Crippen LogP contribution in [0.4, 0.5) is 0 Å². The van der Waals surface area contributed by atoms with E-state index in [1.54, 1.807) is 28.9 Å². The molecule has 0 saturated carbocycles. The minimum absolute atomic E-state index is 0.0605. The van der Waals surface area contributed by atoms with Gasteiger partial charge in [0.1, 0.15) is 5.52 Å². The number of primary amides is 1. The number of carbonyl (C=O) groups is 2. The number of benzene rings is 3. The molecule has 172 valence electrons. The number of piperidine rings is 1. The van der Waals surface area contributed by atoms with Gasteiger partial charge in [0.2, 0.25) is 0 Å². The molecule has 0 aliphatic carbocycles. The van der Waals surface area contributed by atoms with Crippen molar-refractivity contribution in [2.24, 2.45) is 5.73 Å². The van der Waals surface area contributed by atoms with E-state index < -0.39 is 5.91 Å². The third-order valence-corrected chi connectivity index (χ3v) is 6.37. The Balaban J connectivity index is 1.20. The minimum atomic E-state index is -0.506. The zero-order valence-electron chi connectivity index (χ0n) is 18.9. The predicted molar refractivity (Wildman–Crippen MR) is 132 cm³/mol. The number of hydrogen-bond donors (Lipinski definition) is 2. The van der Waals surface area contributed by atoms with Crippen molar-refractivity contribution < 1.29 is 9.59 Å². The first kappa shape index (κ1) is 21.9. The summed E-state index contributed by atoms with van der Waals surface area (Å²) in [5, 5.41) is 8.53. The first-order valence-corrected chi connectivity index (χ1v) is 11.5. The molecule has 1 fully saturated rings. The van der Waals surface area contributed by atoms with Crippen molar-refractivity contribution in [2.75, 3.05) is 13.1 Å². The highest BCUT2D eigenvalue weighted by molar-refractivity contribution is 6.04. The lowest BCUT2D eigenvalue weighted by atomic mass is 10.0. The van der Waals surface area contributed by atoms with Crippen molar-refractivity contribution >= 4 is 22.7 Å². The number of fused-ring (bicyclic) bond motifs is 1. The van der Waals surface area contributed by atoms with Crippen LogP contribution in [0.25, 0.3) is 16.6 Å². The highest BCUT2D eigenvalue weighted by Gasteiger charge is 2.21. The van der Waals surface area contributed by atoms with Gasteiger partial charge in [0.15, 0.2) is 0 Å². The molecule has 7 heteroatoms. The maximum absolute atomic E-state index is 12.8. The molecule has 2 heterocycles. The summed E-state index contributed by atoms with van der Waals surface area (Å²) >= 11 is 0. The number of nitrogens with two attached hydrogens (primary N) is 1. The maximum Gasteiger partial charge on any atom is 0.251 e. The smallest absolute Gasteiger partial charge is 0.251 e. The second-order valence-electron chi connectivity index (χ2n) is 8.74. The topological polar surface area (TPSA) is 93.2 Å². The standard InChI is InChI=1S/C27H27N5O2/c28-26(33)24-8-4-7-21-18-32(30-25(21)24)23-11-9-20(10-12-23)27(34)29-22-13-15-31(16-14-22)17-19-5-2-1-3-6-19/h1-12,18,22H,13-17H2,(H2,28,33)(H,29,34). The van der Waals surface area contributed by atoms with Gasteiger partial charge in [-0.3, -0.25) is 14.5 Å². The fraction of sp³-hybridized carbons (Fsp3) is 0.222. The van der Waals surface area contributed by atoms with E-state index in [9.17, 15) is 9.59 Å². The van der Waals surface area contributed by atoms with Crippen LogP contribution < -0.4 is 11.1 Å². The Labute approximate surface area is 198 Å². The van der Waals surface area contributed by atoms with Crippen LogP contribution in [0.15, 0.2) is 79.0 Å². The van der Waals surface area contributed by atoms with E-state index in [4.69, 9.17) is 5.73 Å². The van der Waals surface area contributed by atoms with Crippen LogP contribution in [0, 0.1) is 0 Å². The Kier molecular flexibility index (Phi) is 6.10. The monoisotopic (exact) mass is 453 g/mol. The van der Waals surface area contributed by atoms with E-state index in [1.165, 1.54) is 5.56 Å². The summed E-state index contributed by atoms with van der Waals surface area (Å²) in [5.41, 5.74) is 9.16. The third-order valence-electron chi connectivity index (χ3n) is 6.37. The van der Waals surface area contributed by atoms with Gasteiger partial charge in [-0.15, -0.1) is 0 Å². The van der Waals surface area contributed by atoms with Crippen molar-refractivity contribution in [3.63, 3.8) is 0 Å². The number of aromatic nitrogens is 2.